The topological polar surface area (TPSA) is 69.2 Å². The Morgan fingerprint density at radius 2 is 0.625 bits per heavy atom. The summed E-state index contributed by atoms with van der Waals surface area (Å²) in [7, 11) is 0. The molecule has 0 spiro atoms. The number of hydrogen-bond donors (Lipinski definition) is 6. The van der Waals surface area contributed by atoms with E-state index in [0.29, 0.717) is 0 Å². The Kier molecular flexibility index (Phi) is 39.2. The number of thiol groups is 6. The van der Waals surface area contributed by atoms with Gasteiger partial charge in [0.05, 0.1) is 0 Å². The summed E-state index contributed by atoms with van der Waals surface area (Å²) in [5.74, 6) is 0. The van der Waals surface area contributed by atoms with E-state index in [1.54, 1.807) is 0 Å². The van der Waals surface area contributed by atoms with Crippen LogP contribution in [0.25, 0.3) is 0 Å². The average Bonchev–Trinajstić information content (AvgIpc) is 2.19. The molecule has 0 atom stereocenters. The molecule has 0 heterocycles. The van der Waals surface area contributed by atoms with E-state index in [2.05, 4.69) is 75.8 Å². The standard InChI is InChI=1S/3C2H5OS2.Bi/c3*3-1-2(4)5;/h3*2,4-5H,1H2;/q3*-1;+3. The summed E-state index contributed by atoms with van der Waals surface area (Å²) in [5.41, 5.74) is 0. The molecular formula is C6H15BiO3S6. The molecule has 98 valence electrons. The van der Waals surface area contributed by atoms with E-state index in [4.69, 9.17) is 0 Å². The van der Waals surface area contributed by atoms with Crippen molar-refractivity contribution in [3.63, 3.8) is 0 Å². The molecule has 0 saturated carbocycles. The zero-order valence-electron chi connectivity index (χ0n) is 8.21. The van der Waals surface area contributed by atoms with E-state index in [-0.39, 0.29) is 59.8 Å². The van der Waals surface area contributed by atoms with Crippen LogP contribution in [0.4, 0.5) is 0 Å². The minimum Gasteiger partial charge on any atom is -0.853 e. The van der Waals surface area contributed by atoms with Gasteiger partial charge in [-0.1, -0.05) is 0 Å². The second kappa shape index (κ2) is 23.0. The van der Waals surface area contributed by atoms with Gasteiger partial charge in [0, 0.05) is 13.7 Å². The summed E-state index contributed by atoms with van der Waals surface area (Å²) < 4.78 is -0.847. The third kappa shape index (κ3) is 54.0. The van der Waals surface area contributed by atoms with Crippen LogP contribution in [0.3, 0.4) is 0 Å². The number of rotatable bonds is 3. The Morgan fingerprint density at radius 3 is 0.625 bits per heavy atom. The summed E-state index contributed by atoms with van der Waals surface area (Å²) >= 11 is 21.9. The molecule has 0 amide bonds. The van der Waals surface area contributed by atoms with Crippen LogP contribution in [-0.2, 0) is 0 Å². The first-order chi connectivity index (χ1) is 6.81. The van der Waals surface area contributed by atoms with Gasteiger partial charge in [-0.25, -0.2) is 0 Å². The van der Waals surface area contributed by atoms with Gasteiger partial charge in [-0.2, -0.15) is 75.8 Å². The fraction of sp³-hybridized carbons (Fsp3) is 1.00. The Bertz CT molecular complexity index is 89.2. The second-order valence-corrected chi connectivity index (χ2v) is 6.90. The molecule has 0 bridgehead atoms. The SMILES string of the molecule is [Bi+3].[O-]CC(S)S.[O-]CC(S)S.[O-]CC(S)S. The van der Waals surface area contributed by atoms with E-state index in [9.17, 15) is 15.3 Å². The van der Waals surface area contributed by atoms with E-state index >= 15 is 0 Å². The molecule has 0 saturated heterocycles. The van der Waals surface area contributed by atoms with Crippen molar-refractivity contribution < 1.29 is 15.3 Å². The quantitative estimate of drug-likeness (QED) is 0.147. The van der Waals surface area contributed by atoms with Gasteiger partial charge in [-0.3, -0.25) is 0 Å². The molecule has 0 aromatic rings. The molecule has 10 heteroatoms. The van der Waals surface area contributed by atoms with Crippen molar-refractivity contribution in [3.05, 3.63) is 0 Å². The van der Waals surface area contributed by atoms with Crippen molar-refractivity contribution in [1.82, 2.24) is 0 Å². The molecule has 3 nitrogen and oxygen atoms in total. The molecule has 0 unspecified atom stereocenters. The Morgan fingerprint density at radius 1 is 0.562 bits per heavy atom. The monoisotopic (exact) mass is 536 g/mol. The van der Waals surface area contributed by atoms with Gasteiger partial charge in [0.25, 0.3) is 0 Å². The third-order valence-corrected chi connectivity index (χ3v) is 1.34. The van der Waals surface area contributed by atoms with Crippen molar-refractivity contribution >= 4 is 102 Å². The minimum absolute atomic E-state index is 0. The second-order valence-electron chi connectivity index (χ2n) is 1.94. The molecule has 0 fully saturated rings. The van der Waals surface area contributed by atoms with Gasteiger partial charge in [0.15, 0.2) is 0 Å². The Hall–Kier alpha value is 2.86. The molecule has 0 aromatic carbocycles. The van der Waals surface area contributed by atoms with Gasteiger partial charge < -0.3 is 15.3 Å². The van der Waals surface area contributed by atoms with E-state index in [0.717, 1.165) is 0 Å². The smallest absolute Gasteiger partial charge is 0.853 e. The first kappa shape index (κ1) is 27.2. The number of hydrogen-bond acceptors (Lipinski definition) is 9. The van der Waals surface area contributed by atoms with Crippen LogP contribution in [-0.4, -0.2) is 59.8 Å². The van der Waals surface area contributed by atoms with Crippen LogP contribution in [0.5, 0.6) is 0 Å². The molecule has 0 aliphatic carbocycles. The van der Waals surface area contributed by atoms with Gasteiger partial charge in [0.1, 0.15) is 0 Å². The normalized spacial score (nSPS) is 9.00. The maximum atomic E-state index is 9.48. The molecule has 16 heavy (non-hydrogen) atoms. The van der Waals surface area contributed by atoms with Crippen molar-refractivity contribution in [1.29, 1.82) is 0 Å². The van der Waals surface area contributed by atoms with Crippen molar-refractivity contribution in [2.45, 2.75) is 13.7 Å². The molecular weight excluding hydrogens is 521 g/mol. The third-order valence-electron chi connectivity index (χ3n) is 0.447. The minimum atomic E-state index is -0.282. The van der Waals surface area contributed by atoms with Gasteiger partial charge in [0.2, 0.25) is 0 Å². The van der Waals surface area contributed by atoms with Crippen LogP contribution >= 0.6 is 75.8 Å². The summed E-state index contributed by atoms with van der Waals surface area (Å²) in [6, 6.07) is 0. The largest absolute Gasteiger partial charge is 3.00 e. The first-order valence-corrected chi connectivity index (χ1v) is 6.74. The Labute approximate surface area is 149 Å². The summed E-state index contributed by atoms with van der Waals surface area (Å²) in [5, 5.41) is 28.4. The van der Waals surface area contributed by atoms with Crippen LogP contribution in [0.15, 0.2) is 0 Å². The van der Waals surface area contributed by atoms with Crippen LogP contribution in [0.1, 0.15) is 0 Å². The zero-order chi connectivity index (χ0) is 12.9. The van der Waals surface area contributed by atoms with Crippen LogP contribution in [0.2, 0.25) is 0 Å². The van der Waals surface area contributed by atoms with Gasteiger partial charge in [-0.05, 0) is 0 Å². The maximum absolute atomic E-state index is 9.48. The van der Waals surface area contributed by atoms with Crippen LogP contribution < -0.4 is 15.3 Å². The average molecular weight is 537 g/mol. The fourth-order valence-corrected chi connectivity index (χ4v) is 0. The van der Waals surface area contributed by atoms with E-state index in [1.807, 2.05) is 0 Å². The molecule has 0 aromatic heterocycles. The van der Waals surface area contributed by atoms with E-state index < -0.39 is 0 Å². The molecule has 0 rings (SSSR count). The predicted molar refractivity (Wildman–Crippen MR) is 85.6 cm³/mol. The summed E-state index contributed by atoms with van der Waals surface area (Å²) in [6.07, 6.45) is 0. The predicted octanol–water partition coefficient (Wildman–Crippen LogP) is -1.78. The van der Waals surface area contributed by atoms with E-state index in [1.165, 1.54) is 0 Å². The van der Waals surface area contributed by atoms with Gasteiger partial charge in [-0.15, -0.1) is 19.8 Å². The van der Waals surface area contributed by atoms with Gasteiger partial charge >= 0.3 is 26.2 Å². The molecule has 0 aliphatic rings. The van der Waals surface area contributed by atoms with Crippen LogP contribution in [0, 0.1) is 0 Å². The molecule has 2 radical (unpaired) electrons. The Balaban J connectivity index is -0.0000000655. The summed E-state index contributed by atoms with van der Waals surface area (Å²) in [6.45, 7) is -0.648. The van der Waals surface area contributed by atoms with Crippen molar-refractivity contribution in [3.8, 4) is 0 Å². The van der Waals surface area contributed by atoms with Crippen molar-refractivity contribution in [2.24, 2.45) is 0 Å². The molecule has 0 aliphatic heterocycles. The summed E-state index contributed by atoms with van der Waals surface area (Å²) in [4.78, 5) is 0. The van der Waals surface area contributed by atoms with Crippen molar-refractivity contribution in [2.75, 3.05) is 19.8 Å². The fourth-order valence-electron chi connectivity index (χ4n) is 0. The first-order valence-electron chi connectivity index (χ1n) is 3.64. The zero-order valence-corrected chi connectivity index (χ0v) is 17.1. The maximum Gasteiger partial charge on any atom is 3.00 e. The molecule has 0 N–H and O–H groups in total.